The van der Waals surface area contributed by atoms with Gasteiger partial charge in [-0.3, -0.25) is 14.7 Å². The summed E-state index contributed by atoms with van der Waals surface area (Å²) >= 11 is 0. The maximum atomic E-state index is 12.6. The van der Waals surface area contributed by atoms with Gasteiger partial charge in [-0.2, -0.15) is 0 Å². The van der Waals surface area contributed by atoms with Crippen LogP contribution in [0.5, 0.6) is 0 Å². The van der Waals surface area contributed by atoms with Crippen molar-refractivity contribution in [3.63, 3.8) is 0 Å². The Bertz CT molecular complexity index is 971. The van der Waals surface area contributed by atoms with Gasteiger partial charge < -0.3 is 16.5 Å². The van der Waals surface area contributed by atoms with Crippen molar-refractivity contribution in [2.24, 2.45) is 5.73 Å². The van der Waals surface area contributed by atoms with Crippen LogP contribution in [0.4, 0.5) is 14.5 Å². The van der Waals surface area contributed by atoms with Crippen LogP contribution >= 0.6 is 0 Å². The van der Waals surface area contributed by atoms with Crippen LogP contribution in [0.1, 0.15) is 22.3 Å². The lowest BCUT2D eigenvalue weighted by Gasteiger charge is -2.12. The van der Waals surface area contributed by atoms with Gasteiger partial charge >= 0.3 is 0 Å². The summed E-state index contributed by atoms with van der Waals surface area (Å²) in [6.07, 6.45) is 6.22. The molecule has 1 amide bonds. The third-order valence-electron chi connectivity index (χ3n) is 4.57. The SMILES string of the molecule is N=C/C(=C\N)c1ccncc1/C=C/C(=O)Nc1ccc2c(c1)CN(CC(F)F)C2. The number of carbonyl (C=O) groups is 1. The Kier molecular flexibility index (Phi) is 6.46. The highest BCUT2D eigenvalue weighted by atomic mass is 19.3. The number of nitrogens with one attached hydrogen (secondary N) is 2. The van der Waals surface area contributed by atoms with E-state index in [1.165, 1.54) is 12.3 Å². The van der Waals surface area contributed by atoms with E-state index in [1.807, 2.05) is 12.1 Å². The number of anilines is 1. The van der Waals surface area contributed by atoms with Crippen molar-refractivity contribution in [3.05, 3.63) is 71.2 Å². The number of carbonyl (C=O) groups excluding carboxylic acids is 1. The number of nitrogens with zero attached hydrogens (tertiary/aromatic N) is 2. The van der Waals surface area contributed by atoms with E-state index in [0.29, 0.717) is 35.5 Å². The second kappa shape index (κ2) is 9.20. The first kappa shape index (κ1) is 20.3. The van der Waals surface area contributed by atoms with E-state index in [9.17, 15) is 13.6 Å². The van der Waals surface area contributed by atoms with Crippen LogP contribution in [0, 0.1) is 5.41 Å². The van der Waals surface area contributed by atoms with Crippen molar-refractivity contribution < 1.29 is 13.6 Å². The third kappa shape index (κ3) is 5.11. The van der Waals surface area contributed by atoms with Gasteiger partial charge in [0.05, 0.1) is 6.54 Å². The minimum absolute atomic E-state index is 0.262. The molecule has 0 fully saturated rings. The molecule has 1 aromatic carbocycles. The van der Waals surface area contributed by atoms with Gasteiger partial charge in [-0.15, -0.1) is 0 Å². The summed E-state index contributed by atoms with van der Waals surface area (Å²) in [7, 11) is 0. The largest absolute Gasteiger partial charge is 0.404 e. The topological polar surface area (TPSA) is 95.1 Å². The smallest absolute Gasteiger partial charge is 0.251 e. The summed E-state index contributed by atoms with van der Waals surface area (Å²) < 4.78 is 25.2. The first-order chi connectivity index (χ1) is 14.0. The van der Waals surface area contributed by atoms with E-state index >= 15 is 0 Å². The number of benzene rings is 1. The summed E-state index contributed by atoms with van der Waals surface area (Å²) in [6.45, 7) is 0.666. The predicted molar refractivity (Wildman–Crippen MR) is 109 cm³/mol. The van der Waals surface area contributed by atoms with Crippen molar-refractivity contribution >= 4 is 29.5 Å². The van der Waals surface area contributed by atoms with Crippen molar-refractivity contribution in [1.82, 2.24) is 9.88 Å². The Morgan fingerprint density at radius 3 is 2.83 bits per heavy atom. The highest BCUT2D eigenvalue weighted by Crippen LogP contribution is 2.26. The molecule has 4 N–H and O–H groups in total. The number of fused-ring (bicyclic) bond motifs is 1. The highest BCUT2D eigenvalue weighted by molar-refractivity contribution is 6.10. The Labute approximate surface area is 167 Å². The van der Waals surface area contributed by atoms with E-state index in [-0.39, 0.29) is 12.5 Å². The zero-order valence-electron chi connectivity index (χ0n) is 15.6. The standard InChI is InChI=1S/C21H21F2N5O/c22-20(23)13-28-11-15-1-3-18(7-16(15)12-28)27-21(29)4-2-14-10-26-6-5-19(14)17(8-24)9-25/h1-10,20,24H,11-13,25H2,(H,27,29)/b4-2+,17-9+,24-8?. The average Bonchev–Trinajstić information content (AvgIpc) is 3.09. The third-order valence-corrected chi connectivity index (χ3v) is 4.57. The molecule has 0 radical (unpaired) electrons. The minimum Gasteiger partial charge on any atom is -0.404 e. The molecule has 8 heteroatoms. The minimum atomic E-state index is -2.37. The maximum absolute atomic E-state index is 12.6. The molecule has 6 nitrogen and oxygen atoms in total. The van der Waals surface area contributed by atoms with Crippen molar-refractivity contribution in [1.29, 1.82) is 5.41 Å². The molecule has 29 heavy (non-hydrogen) atoms. The van der Waals surface area contributed by atoms with Gasteiger partial charge in [0.25, 0.3) is 6.43 Å². The van der Waals surface area contributed by atoms with Crippen molar-refractivity contribution in [2.75, 3.05) is 11.9 Å². The van der Waals surface area contributed by atoms with Crippen LogP contribution in [0.15, 0.2) is 48.9 Å². The molecule has 1 aromatic heterocycles. The fourth-order valence-corrected chi connectivity index (χ4v) is 3.23. The lowest BCUT2D eigenvalue weighted by molar-refractivity contribution is -0.111. The quantitative estimate of drug-likeness (QED) is 0.494. The summed E-state index contributed by atoms with van der Waals surface area (Å²) in [4.78, 5) is 18.0. The van der Waals surface area contributed by atoms with Crippen LogP contribution in [-0.2, 0) is 17.9 Å². The summed E-state index contributed by atoms with van der Waals surface area (Å²) in [6, 6.07) is 7.14. The summed E-state index contributed by atoms with van der Waals surface area (Å²) in [5.74, 6) is -0.338. The molecule has 1 aliphatic rings. The van der Waals surface area contributed by atoms with Crippen LogP contribution in [-0.4, -0.2) is 35.0 Å². The number of hydrogen-bond donors (Lipinski definition) is 3. The zero-order chi connectivity index (χ0) is 20.8. The number of hydrogen-bond acceptors (Lipinski definition) is 5. The van der Waals surface area contributed by atoms with Crippen LogP contribution in [0.25, 0.3) is 11.6 Å². The Hall–Kier alpha value is -3.39. The molecule has 0 spiro atoms. The number of pyridine rings is 1. The second-order valence-electron chi connectivity index (χ2n) is 6.60. The molecule has 0 aliphatic carbocycles. The van der Waals surface area contributed by atoms with E-state index in [0.717, 1.165) is 17.3 Å². The van der Waals surface area contributed by atoms with Crippen LogP contribution in [0.2, 0.25) is 0 Å². The van der Waals surface area contributed by atoms with Gasteiger partial charge in [0.15, 0.2) is 0 Å². The fourth-order valence-electron chi connectivity index (χ4n) is 3.23. The van der Waals surface area contributed by atoms with Gasteiger partial charge in [-0.05, 0) is 41.0 Å². The molecule has 0 saturated heterocycles. The molecule has 2 heterocycles. The molecular formula is C21H21F2N5O. The number of halogens is 2. The second-order valence-corrected chi connectivity index (χ2v) is 6.60. The van der Waals surface area contributed by atoms with Crippen LogP contribution < -0.4 is 11.1 Å². The van der Waals surface area contributed by atoms with E-state index < -0.39 is 6.43 Å². The summed E-state index contributed by atoms with van der Waals surface area (Å²) in [5, 5.41) is 10.2. The number of aromatic nitrogens is 1. The predicted octanol–water partition coefficient (Wildman–Crippen LogP) is 3.26. The monoisotopic (exact) mass is 397 g/mol. The zero-order valence-corrected chi connectivity index (χ0v) is 15.6. The molecule has 0 bridgehead atoms. The summed E-state index contributed by atoms with van der Waals surface area (Å²) in [5.41, 5.74) is 9.93. The molecular weight excluding hydrogens is 376 g/mol. The molecule has 0 saturated carbocycles. The molecule has 150 valence electrons. The Balaban J connectivity index is 1.68. The molecule has 1 aliphatic heterocycles. The van der Waals surface area contributed by atoms with E-state index in [2.05, 4.69) is 10.3 Å². The van der Waals surface area contributed by atoms with Gasteiger partial charge in [-0.25, -0.2) is 8.78 Å². The van der Waals surface area contributed by atoms with E-state index in [4.69, 9.17) is 11.1 Å². The van der Waals surface area contributed by atoms with E-state index in [1.54, 1.807) is 35.5 Å². The maximum Gasteiger partial charge on any atom is 0.251 e. The van der Waals surface area contributed by atoms with Crippen molar-refractivity contribution in [2.45, 2.75) is 19.5 Å². The lowest BCUT2D eigenvalue weighted by Crippen LogP contribution is -2.22. The van der Waals surface area contributed by atoms with Gasteiger partial charge in [0.2, 0.25) is 5.91 Å². The molecule has 0 unspecified atom stereocenters. The van der Waals surface area contributed by atoms with Gasteiger partial charge in [0.1, 0.15) is 0 Å². The van der Waals surface area contributed by atoms with Gasteiger partial charge in [-0.1, -0.05) is 6.07 Å². The number of rotatable bonds is 7. The normalized spacial score (nSPS) is 14.4. The van der Waals surface area contributed by atoms with Crippen LogP contribution in [0.3, 0.4) is 0 Å². The Morgan fingerprint density at radius 1 is 1.31 bits per heavy atom. The lowest BCUT2D eigenvalue weighted by atomic mass is 10.0. The average molecular weight is 397 g/mol. The van der Waals surface area contributed by atoms with Crippen molar-refractivity contribution in [3.8, 4) is 0 Å². The Morgan fingerprint density at radius 2 is 2.10 bits per heavy atom. The van der Waals surface area contributed by atoms with Gasteiger partial charge in [0, 0.05) is 60.8 Å². The number of nitrogens with two attached hydrogens (primary N) is 1. The molecule has 2 aromatic rings. The highest BCUT2D eigenvalue weighted by Gasteiger charge is 2.21. The first-order valence-corrected chi connectivity index (χ1v) is 8.98. The molecule has 0 atom stereocenters. The number of allylic oxidation sites excluding steroid dienone is 1. The fraction of sp³-hybridized carbons (Fsp3) is 0.190. The first-order valence-electron chi connectivity index (χ1n) is 8.98. The number of amides is 1. The molecule has 3 rings (SSSR count). The number of alkyl halides is 2.